The number of alkyl halides is 1. The minimum absolute atomic E-state index is 0. The van der Waals surface area contributed by atoms with Gasteiger partial charge in [0.15, 0.2) is 5.71 Å². The summed E-state index contributed by atoms with van der Waals surface area (Å²) in [5.41, 5.74) is 4.28. The molecule has 1 saturated heterocycles. The third-order valence-corrected chi connectivity index (χ3v) is 8.41. The van der Waals surface area contributed by atoms with Crippen molar-refractivity contribution in [1.29, 1.82) is 0 Å². The molecule has 0 bridgehead atoms. The molecule has 1 unspecified atom stereocenters. The number of anilines is 1. The van der Waals surface area contributed by atoms with E-state index in [2.05, 4.69) is 20.9 Å². The van der Waals surface area contributed by atoms with Gasteiger partial charge >= 0.3 is 0 Å². The Hall–Kier alpha value is -1.91. The Morgan fingerprint density at radius 3 is 2.73 bits per heavy atom. The molecule has 1 aliphatic carbocycles. The molecular formula is C18H18Cl3N5O3S. The first kappa shape index (κ1) is 21.3. The van der Waals surface area contributed by atoms with Crippen molar-refractivity contribution in [1.82, 2.24) is 14.8 Å². The largest absolute Gasteiger partial charge is 0.368 e. The number of hydroxylamine groups is 1. The summed E-state index contributed by atoms with van der Waals surface area (Å²) in [6, 6.07) is 7.41. The second kappa shape index (κ2) is 7.65. The van der Waals surface area contributed by atoms with Crippen molar-refractivity contribution >= 4 is 67.9 Å². The average molecular weight is 491 g/mol. The summed E-state index contributed by atoms with van der Waals surface area (Å²) in [7, 11) is -4.15. The van der Waals surface area contributed by atoms with Crippen LogP contribution in [0.2, 0.25) is 0 Å². The molecule has 12 heteroatoms. The molecule has 1 aromatic carbocycles. The van der Waals surface area contributed by atoms with Crippen molar-refractivity contribution in [3.05, 3.63) is 53.3 Å². The van der Waals surface area contributed by atoms with Gasteiger partial charge in [-0.2, -0.15) is 5.48 Å². The van der Waals surface area contributed by atoms with E-state index in [1.165, 1.54) is 22.3 Å². The van der Waals surface area contributed by atoms with Gasteiger partial charge in [-0.15, -0.1) is 12.4 Å². The molecule has 1 atom stereocenters. The van der Waals surface area contributed by atoms with Gasteiger partial charge in [0.25, 0.3) is 10.0 Å². The summed E-state index contributed by atoms with van der Waals surface area (Å²) in [5, 5.41) is 8.21. The Kier molecular flexibility index (Phi) is 5.44. The number of hydrogen-bond acceptors (Lipinski definition) is 7. The van der Waals surface area contributed by atoms with Crippen LogP contribution in [0.4, 0.5) is 5.69 Å². The Morgan fingerprint density at radius 1 is 1.20 bits per heavy atom. The molecule has 160 valence electrons. The third-order valence-electron chi connectivity index (χ3n) is 5.29. The number of rotatable bonds is 3. The maximum Gasteiger partial charge on any atom is 0.268 e. The van der Waals surface area contributed by atoms with Gasteiger partial charge in [-0.05, 0) is 30.4 Å². The molecule has 0 radical (unpaired) electrons. The fraction of sp³-hybridized carbons (Fsp3) is 0.278. The highest BCUT2D eigenvalue weighted by atomic mass is 35.5. The van der Waals surface area contributed by atoms with Crippen LogP contribution in [0.5, 0.6) is 0 Å². The molecule has 8 nitrogen and oxygen atoms in total. The first-order valence-corrected chi connectivity index (χ1v) is 11.2. The highest BCUT2D eigenvalue weighted by Crippen LogP contribution is 2.40. The van der Waals surface area contributed by atoms with Crippen LogP contribution in [0.3, 0.4) is 0 Å². The van der Waals surface area contributed by atoms with Gasteiger partial charge in [0, 0.05) is 43.4 Å². The lowest BCUT2D eigenvalue weighted by atomic mass is 10.1. The fourth-order valence-electron chi connectivity index (χ4n) is 3.81. The van der Waals surface area contributed by atoms with E-state index in [1.807, 2.05) is 12.1 Å². The van der Waals surface area contributed by atoms with Crippen LogP contribution in [0.15, 0.2) is 58.5 Å². The Balaban J connectivity index is 0.00000218. The smallest absolute Gasteiger partial charge is 0.268 e. The van der Waals surface area contributed by atoms with Gasteiger partial charge < -0.3 is 10.2 Å². The van der Waals surface area contributed by atoms with Crippen molar-refractivity contribution in [2.75, 3.05) is 31.1 Å². The molecule has 30 heavy (non-hydrogen) atoms. The zero-order chi connectivity index (χ0) is 20.2. The SMILES string of the molecule is Cl.O=S(=O)(n1ccc2c(N3CCNCC3)cccc21)C1(Cl)C=CC(Cl)=C2NON=C21. The second-order valence-electron chi connectivity index (χ2n) is 6.90. The number of nitrogens with zero attached hydrogens (tertiary/aromatic N) is 3. The monoisotopic (exact) mass is 489 g/mol. The molecule has 2 aromatic rings. The molecule has 1 aromatic heterocycles. The van der Waals surface area contributed by atoms with Crippen molar-refractivity contribution in [3.63, 3.8) is 0 Å². The van der Waals surface area contributed by atoms with Gasteiger partial charge in [0.2, 0.25) is 4.21 Å². The minimum Gasteiger partial charge on any atom is -0.368 e. The maximum absolute atomic E-state index is 13.6. The number of hydrogen-bond donors (Lipinski definition) is 2. The number of benzene rings is 1. The molecule has 3 heterocycles. The predicted octanol–water partition coefficient (Wildman–Crippen LogP) is 2.50. The Labute approximate surface area is 189 Å². The van der Waals surface area contributed by atoms with Gasteiger partial charge in [-0.25, -0.2) is 12.4 Å². The van der Waals surface area contributed by atoms with E-state index in [-0.39, 0.29) is 28.8 Å². The summed E-state index contributed by atoms with van der Waals surface area (Å²) < 4.78 is 26.5. The van der Waals surface area contributed by atoms with E-state index in [0.717, 1.165) is 37.3 Å². The second-order valence-corrected chi connectivity index (χ2v) is 10.1. The number of allylic oxidation sites excluding steroid dienone is 3. The van der Waals surface area contributed by atoms with Crippen LogP contribution in [-0.2, 0) is 15.0 Å². The van der Waals surface area contributed by atoms with Crippen molar-refractivity contribution in [2.45, 2.75) is 4.21 Å². The maximum atomic E-state index is 13.6. The van der Waals surface area contributed by atoms with Crippen molar-refractivity contribution in [2.24, 2.45) is 5.16 Å². The van der Waals surface area contributed by atoms with E-state index in [1.54, 1.807) is 12.1 Å². The van der Waals surface area contributed by atoms with E-state index in [4.69, 9.17) is 28.1 Å². The van der Waals surface area contributed by atoms with Crippen LogP contribution in [0.25, 0.3) is 10.9 Å². The molecule has 0 spiro atoms. The molecule has 2 aliphatic heterocycles. The summed E-state index contributed by atoms with van der Waals surface area (Å²) >= 11 is 12.8. The van der Waals surface area contributed by atoms with Crippen LogP contribution < -0.4 is 15.7 Å². The summed E-state index contributed by atoms with van der Waals surface area (Å²) in [4.78, 5) is 7.08. The molecule has 2 N–H and O–H groups in total. The molecule has 0 amide bonds. The number of fused-ring (bicyclic) bond motifs is 2. The lowest BCUT2D eigenvalue weighted by Crippen LogP contribution is -2.45. The number of halogens is 3. The van der Waals surface area contributed by atoms with E-state index in [9.17, 15) is 8.42 Å². The first-order chi connectivity index (χ1) is 13.9. The van der Waals surface area contributed by atoms with E-state index < -0.39 is 14.2 Å². The number of aromatic nitrogens is 1. The Bertz CT molecular complexity index is 1200. The third kappa shape index (κ3) is 2.99. The van der Waals surface area contributed by atoms with E-state index in [0.29, 0.717) is 5.52 Å². The van der Waals surface area contributed by atoms with Crippen molar-refractivity contribution in [3.8, 4) is 0 Å². The molecule has 5 rings (SSSR count). The van der Waals surface area contributed by atoms with Crippen LogP contribution in [0, 0.1) is 0 Å². The zero-order valence-corrected chi connectivity index (χ0v) is 18.7. The zero-order valence-electron chi connectivity index (χ0n) is 15.5. The molecular weight excluding hydrogens is 473 g/mol. The summed E-state index contributed by atoms with van der Waals surface area (Å²) in [6.07, 6.45) is 4.27. The normalized spacial score (nSPS) is 23.5. The van der Waals surface area contributed by atoms with Crippen molar-refractivity contribution < 1.29 is 13.4 Å². The highest BCUT2D eigenvalue weighted by Gasteiger charge is 2.52. The van der Waals surface area contributed by atoms with Gasteiger partial charge in [0.1, 0.15) is 5.70 Å². The van der Waals surface area contributed by atoms with Gasteiger partial charge in [-0.3, -0.25) is 4.94 Å². The van der Waals surface area contributed by atoms with Gasteiger partial charge in [-0.1, -0.05) is 34.4 Å². The molecule has 0 saturated carbocycles. The number of piperazine rings is 1. The van der Waals surface area contributed by atoms with Gasteiger partial charge in [0.05, 0.1) is 10.5 Å². The lowest BCUT2D eigenvalue weighted by molar-refractivity contribution is 0.0903. The summed E-state index contributed by atoms with van der Waals surface area (Å²) in [6.45, 7) is 3.47. The van der Waals surface area contributed by atoms with E-state index >= 15 is 0 Å². The fourth-order valence-corrected chi connectivity index (χ4v) is 5.97. The minimum atomic E-state index is -4.15. The number of nitrogens with one attached hydrogen (secondary N) is 2. The number of oxime groups is 1. The highest BCUT2D eigenvalue weighted by molar-refractivity contribution is 7.94. The topological polar surface area (TPSA) is 88.0 Å². The van der Waals surface area contributed by atoms with Crippen LogP contribution in [0.1, 0.15) is 0 Å². The predicted molar refractivity (Wildman–Crippen MR) is 121 cm³/mol. The van der Waals surface area contributed by atoms with Crippen LogP contribution in [-0.4, -0.2) is 48.5 Å². The first-order valence-electron chi connectivity index (χ1n) is 9.03. The van der Waals surface area contributed by atoms with Crippen LogP contribution >= 0.6 is 35.6 Å². The lowest BCUT2D eigenvalue weighted by Gasteiger charge is -2.30. The quantitative estimate of drug-likeness (QED) is 0.643. The molecule has 1 fully saturated rings. The molecule has 3 aliphatic rings. The Morgan fingerprint density at radius 2 is 1.97 bits per heavy atom. The average Bonchev–Trinajstić information content (AvgIpc) is 3.39. The standard InChI is InChI=1S/C18H17Cl2N5O3S.ClH/c19-13-4-6-18(20,17-16(13)22-28-23-17)29(26,27)25-9-5-12-14(2-1-3-15(12)25)24-10-7-21-8-11-24;/h1-6,9,21-22H,7-8,10-11H2;1H. The summed E-state index contributed by atoms with van der Waals surface area (Å²) in [5.74, 6) is 0.